The van der Waals surface area contributed by atoms with Gasteiger partial charge in [-0.15, -0.1) is 0 Å². The van der Waals surface area contributed by atoms with Gasteiger partial charge in [-0.2, -0.15) is 0 Å². The van der Waals surface area contributed by atoms with Crippen molar-refractivity contribution in [3.63, 3.8) is 0 Å². The van der Waals surface area contributed by atoms with Gasteiger partial charge in [0.2, 0.25) is 0 Å². The van der Waals surface area contributed by atoms with Crippen molar-refractivity contribution in [3.8, 4) is 5.75 Å². The first-order valence-corrected chi connectivity index (χ1v) is 4.98. The number of anilines is 1. The van der Waals surface area contributed by atoms with Gasteiger partial charge in [-0.1, -0.05) is 0 Å². The molecule has 0 fully saturated rings. The van der Waals surface area contributed by atoms with Crippen molar-refractivity contribution in [2.75, 3.05) is 26.1 Å². The van der Waals surface area contributed by atoms with Crippen molar-refractivity contribution in [2.24, 2.45) is 0 Å². The van der Waals surface area contributed by atoms with Crippen LogP contribution in [0.4, 0.5) is 5.69 Å². The van der Waals surface area contributed by atoms with E-state index >= 15 is 0 Å². The summed E-state index contributed by atoms with van der Waals surface area (Å²) in [6.07, 6.45) is 1.97. The second-order valence-electron chi connectivity index (χ2n) is 3.28. The highest BCUT2D eigenvalue weighted by Gasteiger charge is 2.05. The molecule has 1 rings (SSSR count). The monoisotopic (exact) mass is 224 g/mol. The van der Waals surface area contributed by atoms with E-state index in [1.165, 1.54) is 7.11 Å². The number of ether oxygens (including phenoxy) is 2. The number of nitrogens with one attached hydrogen (secondary N) is 1. The van der Waals surface area contributed by atoms with Crippen LogP contribution in [0.1, 0.15) is 12.1 Å². The van der Waals surface area contributed by atoms with Gasteiger partial charge in [0.15, 0.2) is 5.75 Å². The summed E-state index contributed by atoms with van der Waals surface area (Å²) in [6, 6.07) is 1.87. The van der Waals surface area contributed by atoms with Gasteiger partial charge in [0, 0.05) is 12.2 Å². The Morgan fingerprint density at radius 2 is 2.25 bits per heavy atom. The second-order valence-corrected chi connectivity index (χ2v) is 3.28. The number of pyridine rings is 1. The first-order valence-electron chi connectivity index (χ1n) is 4.98. The van der Waals surface area contributed by atoms with Gasteiger partial charge in [0.25, 0.3) is 0 Å². The highest BCUT2D eigenvalue weighted by Crippen LogP contribution is 2.23. The molecule has 5 nitrogen and oxygen atoms in total. The average Bonchev–Trinajstić information content (AvgIpc) is 2.29. The number of carbonyl (C=O) groups excluding carboxylic acids is 1. The predicted octanol–water partition coefficient (Wildman–Crippen LogP) is 1.37. The normalized spacial score (nSPS) is 9.69. The fraction of sp³-hybridized carbons (Fsp3) is 0.455. The summed E-state index contributed by atoms with van der Waals surface area (Å²) in [7, 11) is 2.96. The van der Waals surface area contributed by atoms with Crippen LogP contribution in [0.25, 0.3) is 0 Å². The molecule has 0 aliphatic heterocycles. The number of aryl methyl sites for hydroxylation is 1. The van der Waals surface area contributed by atoms with Crippen LogP contribution in [0.2, 0.25) is 0 Å². The molecule has 0 saturated heterocycles. The Balaban J connectivity index is 2.58. The summed E-state index contributed by atoms with van der Waals surface area (Å²) in [5.41, 5.74) is 1.72. The summed E-state index contributed by atoms with van der Waals surface area (Å²) in [6.45, 7) is 2.40. The van der Waals surface area contributed by atoms with Crippen LogP contribution in [0.15, 0.2) is 12.3 Å². The van der Waals surface area contributed by atoms with E-state index in [0.29, 0.717) is 18.7 Å². The van der Waals surface area contributed by atoms with Gasteiger partial charge in [0.05, 0.1) is 32.5 Å². The number of rotatable bonds is 5. The minimum absolute atomic E-state index is 0.239. The topological polar surface area (TPSA) is 60.5 Å². The quantitative estimate of drug-likeness (QED) is 0.765. The molecule has 0 aromatic carbocycles. The maximum Gasteiger partial charge on any atom is 0.307 e. The van der Waals surface area contributed by atoms with Gasteiger partial charge in [-0.25, -0.2) is 0 Å². The van der Waals surface area contributed by atoms with Crippen molar-refractivity contribution in [1.29, 1.82) is 0 Å². The van der Waals surface area contributed by atoms with Crippen LogP contribution in [0, 0.1) is 6.92 Å². The molecule has 0 aliphatic rings. The van der Waals surface area contributed by atoms with Crippen molar-refractivity contribution in [1.82, 2.24) is 4.98 Å². The summed E-state index contributed by atoms with van der Waals surface area (Å²) in [4.78, 5) is 15.0. The van der Waals surface area contributed by atoms with E-state index in [1.54, 1.807) is 13.3 Å². The van der Waals surface area contributed by atoms with Crippen molar-refractivity contribution >= 4 is 11.7 Å². The first-order chi connectivity index (χ1) is 7.67. The summed E-state index contributed by atoms with van der Waals surface area (Å²) < 4.78 is 9.69. The molecule has 0 aliphatic carbocycles. The molecule has 0 spiro atoms. The lowest BCUT2D eigenvalue weighted by Gasteiger charge is -2.10. The number of aromatic nitrogens is 1. The van der Waals surface area contributed by atoms with Crippen LogP contribution < -0.4 is 10.1 Å². The van der Waals surface area contributed by atoms with E-state index < -0.39 is 0 Å². The standard InChI is InChI=1S/C11H16N2O3/c1-8-6-9(10(15-2)7-13-8)12-5-4-11(14)16-3/h6-7H,4-5H2,1-3H3,(H,12,13). The molecule has 5 heteroatoms. The zero-order chi connectivity index (χ0) is 12.0. The van der Waals surface area contributed by atoms with Crippen LogP contribution in [-0.2, 0) is 9.53 Å². The number of hydrogen-bond acceptors (Lipinski definition) is 5. The number of methoxy groups -OCH3 is 2. The Labute approximate surface area is 94.8 Å². The average molecular weight is 224 g/mol. The molecule has 1 heterocycles. The zero-order valence-electron chi connectivity index (χ0n) is 9.74. The molecule has 16 heavy (non-hydrogen) atoms. The number of esters is 1. The third-order valence-corrected chi connectivity index (χ3v) is 2.10. The lowest BCUT2D eigenvalue weighted by molar-refractivity contribution is -0.140. The SMILES string of the molecule is COC(=O)CCNc1cc(C)ncc1OC. The molecule has 0 amide bonds. The van der Waals surface area contributed by atoms with Crippen molar-refractivity contribution in [3.05, 3.63) is 18.0 Å². The van der Waals surface area contributed by atoms with Gasteiger partial charge in [0.1, 0.15) is 0 Å². The summed E-state index contributed by atoms with van der Waals surface area (Å²) >= 11 is 0. The third-order valence-electron chi connectivity index (χ3n) is 2.10. The van der Waals surface area contributed by atoms with E-state index in [9.17, 15) is 4.79 Å². The lowest BCUT2D eigenvalue weighted by atomic mass is 10.3. The van der Waals surface area contributed by atoms with Crippen molar-refractivity contribution < 1.29 is 14.3 Å². The number of hydrogen-bond donors (Lipinski definition) is 1. The second kappa shape index (κ2) is 5.95. The predicted molar refractivity (Wildman–Crippen MR) is 60.6 cm³/mol. The Morgan fingerprint density at radius 1 is 1.50 bits per heavy atom. The Hall–Kier alpha value is -1.78. The fourth-order valence-corrected chi connectivity index (χ4v) is 1.25. The highest BCUT2D eigenvalue weighted by molar-refractivity contribution is 5.70. The van der Waals surface area contributed by atoms with Crippen LogP contribution in [-0.4, -0.2) is 31.7 Å². The van der Waals surface area contributed by atoms with Gasteiger partial charge >= 0.3 is 5.97 Å². The highest BCUT2D eigenvalue weighted by atomic mass is 16.5. The van der Waals surface area contributed by atoms with Crippen LogP contribution in [0.5, 0.6) is 5.75 Å². The molecular weight excluding hydrogens is 208 g/mol. The molecule has 0 radical (unpaired) electrons. The van der Waals surface area contributed by atoms with Gasteiger partial charge < -0.3 is 14.8 Å². The van der Waals surface area contributed by atoms with E-state index in [-0.39, 0.29) is 5.97 Å². The maximum absolute atomic E-state index is 10.9. The summed E-state index contributed by atoms with van der Waals surface area (Å²) in [5.74, 6) is 0.424. The lowest BCUT2D eigenvalue weighted by Crippen LogP contribution is -2.10. The van der Waals surface area contributed by atoms with E-state index in [1.807, 2.05) is 13.0 Å². The summed E-state index contributed by atoms with van der Waals surface area (Å²) in [5, 5.41) is 3.10. The van der Waals surface area contributed by atoms with E-state index in [0.717, 1.165) is 11.4 Å². The zero-order valence-corrected chi connectivity index (χ0v) is 9.74. The molecule has 88 valence electrons. The van der Waals surface area contributed by atoms with Crippen LogP contribution >= 0.6 is 0 Å². The molecular formula is C11H16N2O3. The smallest absolute Gasteiger partial charge is 0.307 e. The molecule has 0 saturated carbocycles. The van der Waals surface area contributed by atoms with E-state index in [4.69, 9.17) is 4.74 Å². The number of nitrogens with zero attached hydrogens (tertiary/aromatic N) is 1. The maximum atomic E-state index is 10.9. The minimum atomic E-state index is -0.239. The van der Waals surface area contributed by atoms with Gasteiger partial charge in [-0.05, 0) is 13.0 Å². The molecule has 1 aromatic heterocycles. The van der Waals surface area contributed by atoms with Crippen molar-refractivity contribution in [2.45, 2.75) is 13.3 Å². The molecule has 1 N–H and O–H groups in total. The van der Waals surface area contributed by atoms with E-state index in [2.05, 4.69) is 15.0 Å². The molecule has 1 aromatic rings. The molecule has 0 atom stereocenters. The van der Waals surface area contributed by atoms with Gasteiger partial charge in [-0.3, -0.25) is 9.78 Å². The minimum Gasteiger partial charge on any atom is -0.493 e. The fourth-order valence-electron chi connectivity index (χ4n) is 1.25. The Kier molecular flexibility index (Phi) is 4.57. The molecule has 0 bridgehead atoms. The van der Waals surface area contributed by atoms with Crippen LogP contribution in [0.3, 0.4) is 0 Å². The molecule has 0 unspecified atom stereocenters. The third kappa shape index (κ3) is 3.42. The first kappa shape index (κ1) is 12.3. The Bertz CT molecular complexity index is 366. The Morgan fingerprint density at radius 3 is 2.88 bits per heavy atom. The number of carbonyl (C=O) groups is 1. The largest absolute Gasteiger partial charge is 0.493 e.